The minimum Gasteiger partial charge on any atom is -0.493 e. The van der Waals surface area contributed by atoms with Crippen LogP contribution in [0.2, 0.25) is 0 Å². The summed E-state index contributed by atoms with van der Waals surface area (Å²) in [6, 6.07) is 0.0438. The number of fused-ring (bicyclic) bond motifs is 3. The first kappa shape index (κ1) is 44.7. The van der Waals surface area contributed by atoms with Gasteiger partial charge in [0.05, 0.1) is 36.5 Å². The van der Waals surface area contributed by atoms with Gasteiger partial charge in [0.25, 0.3) is 5.91 Å². The Morgan fingerprint density at radius 2 is 1.67 bits per heavy atom. The van der Waals surface area contributed by atoms with Crippen molar-refractivity contribution in [3.63, 3.8) is 0 Å². The summed E-state index contributed by atoms with van der Waals surface area (Å²) >= 11 is 0. The van der Waals surface area contributed by atoms with E-state index in [2.05, 4.69) is 25.3 Å². The third-order valence-corrected chi connectivity index (χ3v) is 13.8. The zero-order valence-corrected chi connectivity index (χ0v) is 35.7. The SMILES string of the molecule is COc1cc2nc(C(F)(F)F)c(OC)nc2cc1OC1CC2C(=O)NC3(C(=O)NS(=O)(=O)C4(C)CC4)CC3C=CCCC(C)CC(C)C(NC(=O)OC(C)(C)C)C(=O)N2C1. The molecular formula is C40H53F3N6O10S. The van der Waals surface area contributed by atoms with Crippen LogP contribution in [0.5, 0.6) is 17.4 Å². The molecule has 2 saturated carbocycles. The van der Waals surface area contributed by atoms with Crippen LogP contribution in [0, 0.1) is 17.8 Å². The van der Waals surface area contributed by atoms with E-state index in [1.807, 2.05) is 19.9 Å². The second kappa shape index (κ2) is 16.2. The predicted octanol–water partition coefficient (Wildman–Crippen LogP) is 4.79. The number of aromatic nitrogens is 2. The lowest BCUT2D eigenvalue weighted by molar-refractivity contribution is -0.142. The summed E-state index contributed by atoms with van der Waals surface area (Å²) in [5.74, 6) is -3.97. The van der Waals surface area contributed by atoms with Crippen molar-refractivity contribution in [2.24, 2.45) is 17.8 Å². The molecule has 3 N–H and O–H groups in total. The van der Waals surface area contributed by atoms with Crippen LogP contribution in [0.3, 0.4) is 0 Å². The number of carbonyl (C=O) groups is 4. The van der Waals surface area contributed by atoms with Crippen molar-refractivity contribution in [2.75, 3.05) is 20.8 Å². The molecule has 1 aromatic carbocycles. The largest absolute Gasteiger partial charge is 0.493 e. The highest BCUT2D eigenvalue weighted by Crippen LogP contribution is 2.48. The predicted molar refractivity (Wildman–Crippen MR) is 210 cm³/mol. The van der Waals surface area contributed by atoms with Crippen molar-refractivity contribution in [2.45, 2.75) is 127 Å². The first-order valence-corrected chi connectivity index (χ1v) is 21.4. The van der Waals surface area contributed by atoms with Gasteiger partial charge in [-0.15, -0.1) is 0 Å². The zero-order chi connectivity index (χ0) is 44.2. The first-order valence-electron chi connectivity index (χ1n) is 19.9. The van der Waals surface area contributed by atoms with Crippen molar-refractivity contribution in [1.82, 2.24) is 30.2 Å². The van der Waals surface area contributed by atoms with Gasteiger partial charge >= 0.3 is 12.3 Å². The van der Waals surface area contributed by atoms with Gasteiger partial charge in [-0.3, -0.25) is 19.1 Å². The number of benzene rings is 1. The van der Waals surface area contributed by atoms with Crippen molar-refractivity contribution in [3.8, 4) is 17.4 Å². The normalized spacial score (nSPS) is 28.3. The minimum atomic E-state index is -4.87. The summed E-state index contributed by atoms with van der Waals surface area (Å²) in [5.41, 5.74) is -4.07. The molecule has 2 aliphatic heterocycles. The van der Waals surface area contributed by atoms with Crippen molar-refractivity contribution >= 4 is 44.9 Å². The maximum atomic E-state index is 14.8. The first-order chi connectivity index (χ1) is 27.9. The van der Waals surface area contributed by atoms with Gasteiger partial charge < -0.3 is 34.5 Å². The van der Waals surface area contributed by atoms with Crippen LogP contribution in [-0.2, 0) is 35.3 Å². The summed E-state index contributed by atoms with van der Waals surface area (Å²) in [7, 11) is -1.78. The van der Waals surface area contributed by atoms with Crippen LogP contribution >= 0.6 is 0 Å². The Morgan fingerprint density at radius 1 is 1.00 bits per heavy atom. The lowest BCUT2D eigenvalue weighted by Crippen LogP contribution is -2.59. The Kier molecular flexibility index (Phi) is 12.1. The van der Waals surface area contributed by atoms with E-state index in [0.717, 1.165) is 7.11 Å². The third kappa shape index (κ3) is 9.37. The molecule has 20 heteroatoms. The Hall–Kier alpha value is -4.88. The molecule has 3 fully saturated rings. The summed E-state index contributed by atoms with van der Waals surface area (Å²) in [6.07, 6.45) is -0.434. The molecular weight excluding hydrogens is 814 g/mol. The third-order valence-electron chi connectivity index (χ3n) is 11.6. The fourth-order valence-corrected chi connectivity index (χ4v) is 9.15. The number of nitrogens with zero attached hydrogens (tertiary/aromatic N) is 3. The van der Waals surface area contributed by atoms with Gasteiger partial charge in [0.2, 0.25) is 33.4 Å². The van der Waals surface area contributed by atoms with Gasteiger partial charge in [-0.05, 0) is 78.1 Å². The Balaban J connectivity index is 1.37. The lowest BCUT2D eigenvalue weighted by atomic mass is 9.88. The van der Waals surface area contributed by atoms with Crippen LogP contribution in [0.1, 0.15) is 92.2 Å². The number of alkyl halides is 3. The zero-order valence-electron chi connectivity index (χ0n) is 34.9. The average Bonchev–Trinajstić information content (AvgIpc) is 4.03. The molecule has 0 radical (unpaired) electrons. The summed E-state index contributed by atoms with van der Waals surface area (Å²) in [4.78, 5) is 65.5. The molecule has 1 aromatic heterocycles. The Labute approximate surface area is 346 Å². The number of carbonyl (C=O) groups excluding carboxylic acids is 4. The van der Waals surface area contributed by atoms with Crippen LogP contribution < -0.4 is 29.6 Å². The second-order valence-corrected chi connectivity index (χ2v) is 19.9. The smallest absolute Gasteiger partial charge is 0.438 e. The number of nitrogens with one attached hydrogen (secondary N) is 3. The number of halogens is 3. The Bertz CT molecular complexity index is 2180. The van der Waals surface area contributed by atoms with Gasteiger partial charge in [-0.2, -0.15) is 13.2 Å². The highest BCUT2D eigenvalue weighted by molar-refractivity contribution is 7.91. The summed E-state index contributed by atoms with van der Waals surface area (Å²) < 4.78 is 91.0. The molecule has 0 bridgehead atoms. The van der Waals surface area contributed by atoms with Gasteiger partial charge in [-0.25, -0.2) is 23.2 Å². The monoisotopic (exact) mass is 866 g/mol. The van der Waals surface area contributed by atoms with E-state index in [9.17, 15) is 40.8 Å². The maximum absolute atomic E-state index is 14.8. The van der Waals surface area contributed by atoms with E-state index in [4.69, 9.17) is 18.9 Å². The van der Waals surface area contributed by atoms with Crippen molar-refractivity contribution in [1.29, 1.82) is 0 Å². The van der Waals surface area contributed by atoms with Crippen LogP contribution in [0.4, 0.5) is 18.0 Å². The average molecular weight is 867 g/mol. The number of amides is 4. The standard InChI is InChI=1S/C40H53F3N6O10S/c1-21-11-9-10-12-23-19-39(23,35(52)48-60(54,55)38(6)13-14-38)47-32(50)27-16-24(20-49(27)34(51)30(22(2)15-21)46-36(53)59-37(3,4)5)58-29-18-26-25(17-28(29)56-7)44-31(40(41,42)43)33(45-26)57-8/h10,12,17-18,21-24,27,30H,9,11,13-16,19-20H2,1-8H3,(H,46,53)(H,47,50)(H,48,52). The number of ether oxygens (including phenoxy) is 4. The number of rotatable bonds is 8. The van der Waals surface area contributed by atoms with E-state index in [1.54, 1.807) is 33.8 Å². The highest BCUT2D eigenvalue weighted by Gasteiger charge is 2.63. The molecule has 1 saturated heterocycles. The van der Waals surface area contributed by atoms with Crippen LogP contribution in [0.25, 0.3) is 11.0 Å². The lowest BCUT2D eigenvalue weighted by Gasteiger charge is -2.33. The van der Waals surface area contributed by atoms with E-state index < -0.39 is 97.5 Å². The van der Waals surface area contributed by atoms with Crippen molar-refractivity contribution < 1.29 is 59.7 Å². The second-order valence-electron chi connectivity index (χ2n) is 17.7. The number of hydrogen-bond acceptors (Lipinski definition) is 12. The number of allylic oxidation sites excluding steroid dienone is 1. The molecule has 60 heavy (non-hydrogen) atoms. The molecule has 7 atom stereocenters. The van der Waals surface area contributed by atoms with E-state index in [1.165, 1.54) is 24.1 Å². The molecule has 6 rings (SSSR count). The molecule has 2 aromatic rings. The molecule has 0 spiro atoms. The number of alkyl carbamates (subject to hydrolysis) is 1. The number of sulfonamides is 1. The van der Waals surface area contributed by atoms with Gasteiger partial charge in [-0.1, -0.05) is 26.0 Å². The molecule has 2 aliphatic carbocycles. The fourth-order valence-electron chi connectivity index (χ4n) is 7.84. The van der Waals surface area contributed by atoms with Gasteiger partial charge in [0, 0.05) is 24.5 Å². The maximum Gasteiger partial charge on any atom is 0.438 e. The molecule has 4 aliphatic rings. The summed E-state index contributed by atoms with van der Waals surface area (Å²) in [5, 5.41) is 5.55. The van der Waals surface area contributed by atoms with E-state index in [-0.39, 0.29) is 47.8 Å². The highest BCUT2D eigenvalue weighted by atomic mass is 32.2. The van der Waals surface area contributed by atoms with E-state index in [0.29, 0.717) is 32.1 Å². The topological polar surface area (TPSA) is 204 Å². The van der Waals surface area contributed by atoms with Gasteiger partial charge in [0.1, 0.15) is 29.3 Å². The van der Waals surface area contributed by atoms with Crippen LogP contribution in [-0.4, -0.2) is 102 Å². The molecule has 330 valence electrons. The minimum absolute atomic E-state index is 0.00866. The molecule has 7 unspecified atom stereocenters. The van der Waals surface area contributed by atoms with Crippen molar-refractivity contribution in [3.05, 3.63) is 30.0 Å². The Morgan fingerprint density at radius 3 is 2.28 bits per heavy atom. The molecule has 4 amide bonds. The fraction of sp³-hybridized carbons (Fsp3) is 0.650. The van der Waals surface area contributed by atoms with E-state index >= 15 is 0 Å². The number of methoxy groups -OCH3 is 2. The molecule has 3 heterocycles. The molecule has 16 nitrogen and oxygen atoms in total. The van der Waals surface area contributed by atoms with Gasteiger partial charge in [0.15, 0.2) is 11.5 Å². The quantitative estimate of drug-likeness (QED) is 0.307. The number of hydrogen-bond donors (Lipinski definition) is 3. The summed E-state index contributed by atoms with van der Waals surface area (Å²) in [6.45, 7) is 10.2. The van der Waals surface area contributed by atoms with Crippen LogP contribution in [0.15, 0.2) is 24.3 Å².